The Bertz CT molecular complexity index is 259. The van der Waals surface area contributed by atoms with Crippen LogP contribution in [0.5, 0.6) is 0 Å². The lowest BCUT2D eigenvalue weighted by molar-refractivity contribution is -0.0128. The molecule has 2 fully saturated rings. The average Bonchev–Trinajstić information content (AvgIpc) is 2.36. The topological polar surface area (TPSA) is 41.5 Å². The van der Waals surface area contributed by atoms with Crippen LogP contribution in [-0.2, 0) is 4.74 Å². The summed E-state index contributed by atoms with van der Waals surface area (Å²) in [5.41, 5.74) is -0.0585. The molecule has 3 nitrogen and oxygen atoms in total. The molecule has 2 aliphatic carbocycles. The van der Waals surface area contributed by atoms with Crippen LogP contribution in [0.3, 0.4) is 0 Å². The predicted octanol–water partition coefficient (Wildman–Crippen LogP) is 2.48. The second-order valence-electron chi connectivity index (χ2n) is 6.63. The van der Waals surface area contributed by atoms with Crippen LogP contribution >= 0.6 is 0 Å². The molecule has 0 saturated heterocycles. The predicted molar refractivity (Wildman–Crippen MR) is 73.7 cm³/mol. The minimum atomic E-state index is -0.637. The summed E-state index contributed by atoms with van der Waals surface area (Å²) in [6.07, 6.45) is 10.4. The Morgan fingerprint density at radius 2 is 2.00 bits per heavy atom. The van der Waals surface area contributed by atoms with Crippen molar-refractivity contribution in [2.75, 3.05) is 20.3 Å². The molecular weight excluding hydrogens is 226 g/mol. The van der Waals surface area contributed by atoms with E-state index in [0.29, 0.717) is 31.0 Å². The van der Waals surface area contributed by atoms with Gasteiger partial charge in [-0.25, -0.2) is 0 Å². The van der Waals surface area contributed by atoms with Gasteiger partial charge in [0.2, 0.25) is 0 Å². The third-order valence-corrected chi connectivity index (χ3v) is 5.09. The van der Waals surface area contributed by atoms with E-state index >= 15 is 0 Å². The number of aliphatic hydroxyl groups is 1. The number of rotatable bonds is 6. The highest BCUT2D eigenvalue weighted by Gasteiger charge is 2.46. The Morgan fingerprint density at radius 3 is 2.56 bits per heavy atom. The Kier molecular flexibility index (Phi) is 4.68. The fraction of sp³-hybridized carbons (Fsp3) is 1.00. The van der Waals surface area contributed by atoms with Gasteiger partial charge in [-0.1, -0.05) is 19.3 Å². The van der Waals surface area contributed by atoms with Crippen LogP contribution in [0.2, 0.25) is 0 Å². The SMILES string of the molecule is COCCC(C)(O)CNC1CCC12CCCCC2. The second kappa shape index (κ2) is 5.89. The molecule has 3 heteroatoms. The van der Waals surface area contributed by atoms with Gasteiger partial charge >= 0.3 is 0 Å². The van der Waals surface area contributed by atoms with Crippen LogP contribution in [0.25, 0.3) is 0 Å². The highest BCUT2D eigenvalue weighted by atomic mass is 16.5. The zero-order chi connectivity index (χ0) is 13.1. The molecule has 2 N–H and O–H groups in total. The van der Waals surface area contributed by atoms with Gasteiger partial charge in [0.1, 0.15) is 0 Å². The lowest BCUT2D eigenvalue weighted by Gasteiger charge is -2.53. The molecule has 106 valence electrons. The lowest BCUT2D eigenvalue weighted by Crippen LogP contribution is -2.57. The van der Waals surface area contributed by atoms with Crippen LogP contribution in [-0.4, -0.2) is 37.0 Å². The van der Waals surface area contributed by atoms with Crippen LogP contribution in [0.15, 0.2) is 0 Å². The summed E-state index contributed by atoms with van der Waals surface area (Å²) >= 11 is 0. The Hall–Kier alpha value is -0.120. The van der Waals surface area contributed by atoms with E-state index in [0.717, 1.165) is 0 Å². The van der Waals surface area contributed by atoms with E-state index in [2.05, 4.69) is 5.32 Å². The van der Waals surface area contributed by atoms with Crippen LogP contribution in [0, 0.1) is 5.41 Å². The number of methoxy groups -OCH3 is 1. The monoisotopic (exact) mass is 255 g/mol. The van der Waals surface area contributed by atoms with Gasteiger partial charge in [-0.2, -0.15) is 0 Å². The molecule has 0 amide bonds. The molecule has 0 aromatic rings. The minimum absolute atomic E-state index is 0.579. The summed E-state index contributed by atoms with van der Waals surface area (Å²) < 4.78 is 5.05. The van der Waals surface area contributed by atoms with E-state index in [-0.39, 0.29) is 0 Å². The Morgan fingerprint density at radius 1 is 1.28 bits per heavy atom. The molecule has 0 heterocycles. The summed E-state index contributed by atoms with van der Waals surface area (Å²) in [4.78, 5) is 0. The summed E-state index contributed by atoms with van der Waals surface area (Å²) in [6.45, 7) is 3.23. The van der Waals surface area contributed by atoms with Crippen LogP contribution in [0.4, 0.5) is 0 Å². The van der Waals surface area contributed by atoms with E-state index in [1.807, 2.05) is 6.92 Å². The highest BCUT2D eigenvalue weighted by Crippen LogP contribution is 2.51. The van der Waals surface area contributed by atoms with Crippen molar-refractivity contribution in [2.24, 2.45) is 5.41 Å². The van der Waals surface area contributed by atoms with Crippen LogP contribution < -0.4 is 5.32 Å². The molecule has 1 spiro atoms. The molecule has 0 bridgehead atoms. The maximum Gasteiger partial charge on any atom is 0.0765 e. The van der Waals surface area contributed by atoms with Gasteiger partial charge in [0.25, 0.3) is 0 Å². The van der Waals surface area contributed by atoms with Crippen molar-refractivity contribution in [3.63, 3.8) is 0 Å². The first-order valence-corrected chi connectivity index (χ1v) is 7.53. The van der Waals surface area contributed by atoms with E-state index in [1.165, 1.54) is 44.9 Å². The molecule has 0 aliphatic heterocycles. The first-order chi connectivity index (χ1) is 8.58. The largest absolute Gasteiger partial charge is 0.389 e. The maximum atomic E-state index is 10.3. The first-order valence-electron chi connectivity index (χ1n) is 7.53. The van der Waals surface area contributed by atoms with Crippen molar-refractivity contribution in [2.45, 2.75) is 69.9 Å². The van der Waals surface area contributed by atoms with Gasteiger partial charge in [-0.15, -0.1) is 0 Å². The van der Waals surface area contributed by atoms with Gasteiger partial charge < -0.3 is 15.2 Å². The van der Waals surface area contributed by atoms with Gasteiger partial charge in [0.15, 0.2) is 0 Å². The molecule has 0 aromatic carbocycles. The molecular formula is C15H29NO2. The highest BCUT2D eigenvalue weighted by molar-refractivity contribution is 5.02. The second-order valence-corrected chi connectivity index (χ2v) is 6.63. The number of nitrogens with one attached hydrogen (secondary N) is 1. The average molecular weight is 255 g/mol. The van der Waals surface area contributed by atoms with E-state index in [4.69, 9.17) is 4.74 Å². The number of hydrogen-bond acceptors (Lipinski definition) is 3. The standard InChI is InChI=1S/C15H29NO2/c1-14(17,10-11-18-2)12-16-13-6-9-15(13)7-4-3-5-8-15/h13,16-17H,3-12H2,1-2H3. The molecule has 2 aliphatic rings. The lowest BCUT2D eigenvalue weighted by atomic mass is 9.57. The van der Waals surface area contributed by atoms with Crippen molar-refractivity contribution >= 4 is 0 Å². The smallest absolute Gasteiger partial charge is 0.0765 e. The number of ether oxygens (including phenoxy) is 1. The zero-order valence-corrected chi connectivity index (χ0v) is 12.0. The van der Waals surface area contributed by atoms with Crippen LogP contribution in [0.1, 0.15) is 58.3 Å². The van der Waals surface area contributed by atoms with Gasteiger partial charge in [0.05, 0.1) is 5.60 Å². The summed E-state index contributed by atoms with van der Waals surface area (Å²) in [7, 11) is 1.69. The normalized spacial score (nSPS) is 29.8. The molecule has 0 radical (unpaired) electrons. The van der Waals surface area contributed by atoms with Crippen molar-refractivity contribution in [3.05, 3.63) is 0 Å². The summed E-state index contributed by atoms with van der Waals surface area (Å²) in [6, 6.07) is 0.645. The number of hydrogen-bond donors (Lipinski definition) is 2. The fourth-order valence-corrected chi connectivity index (χ4v) is 3.62. The van der Waals surface area contributed by atoms with Crippen molar-refractivity contribution in [1.29, 1.82) is 0 Å². The molecule has 2 saturated carbocycles. The first kappa shape index (κ1) is 14.3. The Balaban J connectivity index is 1.76. The third kappa shape index (κ3) is 3.25. The van der Waals surface area contributed by atoms with Crippen molar-refractivity contribution in [3.8, 4) is 0 Å². The molecule has 18 heavy (non-hydrogen) atoms. The van der Waals surface area contributed by atoms with E-state index < -0.39 is 5.60 Å². The molecule has 2 rings (SSSR count). The third-order valence-electron chi connectivity index (χ3n) is 5.09. The quantitative estimate of drug-likeness (QED) is 0.766. The zero-order valence-electron chi connectivity index (χ0n) is 12.0. The van der Waals surface area contributed by atoms with E-state index in [9.17, 15) is 5.11 Å². The van der Waals surface area contributed by atoms with E-state index in [1.54, 1.807) is 7.11 Å². The fourth-order valence-electron chi connectivity index (χ4n) is 3.62. The minimum Gasteiger partial charge on any atom is -0.389 e. The summed E-state index contributed by atoms with van der Waals surface area (Å²) in [5.74, 6) is 0. The van der Waals surface area contributed by atoms with Gasteiger partial charge in [-0.3, -0.25) is 0 Å². The van der Waals surface area contributed by atoms with Gasteiger partial charge in [0, 0.05) is 32.7 Å². The maximum absolute atomic E-state index is 10.3. The molecule has 2 unspecified atom stereocenters. The van der Waals surface area contributed by atoms with Gasteiger partial charge in [-0.05, 0) is 38.0 Å². The Labute approximate surface area is 111 Å². The summed E-state index contributed by atoms with van der Waals surface area (Å²) in [5, 5.41) is 13.9. The molecule has 0 aromatic heterocycles. The van der Waals surface area contributed by atoms with Crippen molar-refractivity contribution < 1.29 is 9.84 Å². The molecule has 2 atom stereocenters. The van der Waals surface area contributed by atoms with Crippen molar-refractivity contribution in [1.82, 2.24) is 5.32 Å².